The molecule has 112 valence electrons. The lowest BCUT2D eigenvalue weighted by Crippen LogP contribution is -2.44. The van der Waals surface area contributed by atoms with Crippen LogP contribution in [0.4, 0.5) is 5.13 Å². The molecule has 0 bridgehead atoms. The molecule has 0 aliphatic carbocycles. The summed E-state index contributed by atoms with van der Waals surface area (Å²) in [5, 5.41) is 14.9. The van der Waals surface area contributed by atoms with Crippen LogP contribution in [0.1, 0.15) is 31.9 Å². The van der Waals surface area contributed by atoms with Crippen molar-refractivity contribution in [2.45, 2.75) is 33.1 Å². The minimum Gasteiger partial charge on any atom is -0.396 e. The molecule has 1 aliphatic heterocycles. The van der Waals surface area contributed by atoms with Crippen molar-refractivity contribution in [3.63, 3.8) is 0 Å². The van der Waals surface area contributed by atoms with Crippen LogP contribution in [0.25, 0.3) is 0 Å². The van der Waals surface area contributed by atoms with E-state index in [2.05, 4.69) is 22.1 Å². The van der Waals surface area contributed by atoms with Crippen molar-refractivity contribution in [1.82, 2.24) is 9.88 Å². The molecule has 0 spiro atoms. The first-order chi connectivity index (χ1) is 9.57. The number of carbonyl (C=O) groups excluding carboxylic acids is 1. The highest BCUT2D eigenvalue weighted by molar-refractivity contribution is 7.13. The summed E-state index contributed by atoms with van der Waals surface area (Å²) in [4.78, 5) is 18.3. The molecule has 2 heterocycles. The second kappa shape index (κ2) is 6.65. The van der Waals surface area contributed by atoms with Crippen LogP contribution in [0.2, 0.25) is 0 Å². The van der Waals surface area contributed by atoms with Gasteiger partial charge in [-0.05, 0) is 44.7 Å². The zero-order valence-corrected chi connectivity index (χ0v) is 13.0. The molecule has 0 saturated carbocycles. The summed E-state index contributed by atoms with van der Waals surface area (Å²) in [5.41, 5.74) is 0.998. The summed E-state index contributed by atoms with van der Waals surface area (Å²) in [6.45, 7) is 6.45. The van der Waals surface area contributed by atoms with Gasteiger partial charge in [0.1, 0.15) is 0 Å². The van der Waals surface area contributed by atoms with Crippen LogP contribution in [-0.2, 0) is 4.79 Å². The first-order valence-electron chi connectivity index (χ1n) is 7.12. The Morgan fingerprint density at radius 2 is 2.25 bits per heavy atom. The largest absolute Gasteiger partial charge is 0.396 e. The predicted octanol–water partition coefficient (Wildman–Crippen LogP) is 1.87. The Kier molecular flexibility index (Phi) is 5.12. The quantitative estimate of drug-likeness (QED) is 0.871. The topological polar surface area (TPSA) is 65.5 Å². The Labute approximate surface area is 124 Å². The van der Waals surface area contributed by atoms with Crippen molar-refractivity contribution in [2.24, 2.45) is 5.41 Å². The Morgan fingerprint density at radius 1 is 1.55 bits per heavy atom. The third-order valence-corrected chi connectivity index (χ3v) is 5.11. The van der Waals surface area contributed by atoms with Gasteiger partial charge < -0.3 is 10.4 Å². The van der Waals surface area contributed by atoms with Gasteiger partial charge in [0.2, 0.25) is 5.91 Å². The number of amides is 1. The fraction of sp³-hybridized carbons (Fsp3) is 0.714. The van der Waals surface area contributed by atoms with E-state index in [0.29, 0.717) is 11.7 Å². The normalized spacial score (nSPS) is 18.9. The third kappa shape index (κ3) is 3.77. The highest BCUT2D eigenvalue weighted by atomic mass is 32.1. The van der Waals surface area contributed by atoms with E-state index in [1.165, 1.54) is 11.3 Å². The van der Waals surface area contributed by atoms with Crippen LogP contribution >= 0.6 is 11.3 Å². The number of nitrogens with zero attached hydrogens (tertiary/aromatic N) is 2. The molecule has 0 radical (unpaired) electrons. The van der Waals surface area contributed by atoms with Gasteiger partial charge in [-0.1, -0.05) is 6.92 Å². The summed E-state index contributed by atoms with van der Waals surface area (Å²) in [5.74, 6) is -0.00709. The number of carbonyl (C=O) groups is 1. The van der Waals surface area contributed by atoms with Crippen molar-refractivity contribution in [2.75, 3.05) is 31.6 Å². The van der Waals surface area contributed by atoms with Gasteiger partial charge in [0.15, 0.2) is 5.13 Å². The van der Waals surface area contributed by atoms with Gasteiger partial charge in [-0.3, -0.25) is 9.69 Å². The van der Waals surface area contributed by atoms with Crippen LogP contribution in [-0.4, -0.2) is 47.1 Å². The number of hydrogen-bond acceptors (Lipinski definition) is 5. The fourth-order valence-corrected chi connectivity index (χ4v) is 3.29. The van der Waals surface area contributed by atoms with Crippen molar-refractivity contribution < 1.29 is 9.90 Å². The van der Waals surface area contributed by atoms with Crippen molar-refractivity contribution in [3.8, 4) is 0 Å². The molecule has 2 rings (SSSR count). The molecule has 0 aromatic carbocycles. The van der Waals surface area contributed by atoms with E-state index in [1.54, 1.807) is 0 Å². The second-order valence-electron chi connectivity index (χ2n) is 5.63. The highest BCUT2D eigenvalue weighted by Gasteiger charge is 2.32. The maximum absolute atomic E-state index is 12.0. The Balaban J connectivity index is 1.79. The summed E-state index contributed by atoms with van der Waals surface area (Å²) in [7, 11) is 0. The van der Waals surface area contributed by atoms with Crippen LogP contribution in [0.3, 0.4) is 0 Å². The predicted molar refractivity (Wildman–Crippen MR) is 81.0 cm³/mol. The zero-order chi connectivity index (χ0) is 14.6. The Hall–Kier alpha value is -0.980. The van der Waals surface area contributed by atoms with Crippen LogP contribution in [0, 0.1) is 12.3 Å². The monoisotopic (exact) mass is 297 g/mol. The Bertz CT molecular complexity index is 447. The highest BCUT2D eigenvalue weighted by Crippen LogP contribution is 2.34. The molecule has 2 N–H and O–H groups in total. The van der Waals surface area contributed by atoms with Gasteiger partial charge >= 0.3 is 0 Å². The van der Waals surface area contributed by atoms with E-state index in [-0.39, 0.29) is 17.9 Å². The number of aromatic nitrogens is 1. The SMILES string of the molecule is CCC1(CO)CCN(CC(=O)Nc2nc(C)cs2)CC1. The molecular weight excluding hydrogens is 274 g/mol. The maximum Gasteiger partial charge on any atom is 0.240 e. The van der Waals surface area contributed by atoms with Gasteiger partial charge in [0.25, 0.3) is 0 Å². The summed E-state index contributed by atoms with van der Waals surface area (Å²) in [6, 6.07) is 0. The summed E-state index contributed by atoms with van der Waals surface area (Å²) < 4.78 is 0. The minimum absolute atomic E-state index is 0.00709. The average molecular weight is 297 g/mol. The number of hydrogen-bond donors (Lipinski definition) is 2. The van der Waals surface area contributed by atoms with E-state index >= 15 is 0 Å². The molecule has 0 atom stereocenters. The first kappa shape index (κ1) is 15.4. The van der Waals surface area contributed by atoms with Gasteiger partial charge in [0.05, 0.1) is 12.2 Å². The lowest BCUT2D eigenvalue weighted by atomic mass is 9.77. The summed E-state index contributed by atoms with van der Waals surface area (Å²) >= 11 is 1.45. The lowest BCUT2D eigenvalue weighted by molar-refractivity contribution is -0.118. The zero-order valence-electron chi connectivity index (χ0n) is 12.2. The Morgan fingerprint density at radius 3 is 2.75 bits per heavy atom. The molecule has 6 heteroatoms. The van der Waals surface area contributed by atoms with Gasteiger partial charge in [-0.2, -0.15) is 0 Å². The molecule has 1 amide bonds. The summed E-state index contributed by atoms with van der Waals surface area (Å²) in [6.07, 6.45) is 2.93. The van der Waals surface area contributed by atoms with Crippen LogP contribution in [0.15, 0.2) is 5.38 Å². The number of aryl methyl sites for hydroxylation is 1. The molecule has 1 saturated heterocycles. The van der Waals surface area contributed by atoms with E-state index in [4.69, 9.17) is 0 Å². The van der Waals surface area contributed by atoms with Crippen LogP contribution in [0.5, 0.6) is 0 Å². The number of rotatable bonds is 5. The van der Waals surface area contributed by atoms with E-state index in [0.717, 1.165) is 38.0 Å². The van der Waals surface area contributed by atoms with Crippen molar-refractivity contribution >= 4 is 22.4 Å². The number of likely N-dealkylation sites (tertiary alicyclic amines) is 1. The number of thiazole rings is 1. The molecular formula is C14H23N3O2S. The number of piperidine rings is 1. The molecule has 1 fully saturated rings. The molecule has 1 aliphatic rings. The van der Waals surface area contributed by atoms with E-state index in [1.807, 2.05) is 12.3 Å². The van der Waals surface area contributed by atoms with E-state index in [9.17, 15) is 9.90 Å². The average Bonchev–Trinajstić information content (AvgIpc) is 2.85. The number of aliphatic hydroxyl groups excluding tert-OH is 1. The standard InChI is InChI=1S/C14H23N3O2S/c1-3-14(10-18)4-6-17(7-5-14)8-12(19)16-13-15-11(2)9-20-13/h9,18H,3-8,10H2,1-2H3,(H,15,16,19). The van der Waals surface area contributed by atoms with Crippen LogP contribution < -0.4 is 5.32 Å². The molecule has 20 heavy (non-hydrogen) atoms. The first-order valence-corrected chi connectivity index (χ1v) is 8.00. The number of anilines is 1. The lowest BCUT2D eigenvalue weighted by Gasteiger charge is -2.39. The fourth-order valence-electron chi connectivity index (χ4n) is 2.58. The van der Waals surface area contributed by atoms with Crippen molar-refractivity contribution in [1.29, 1.82) is 0 Å². The van der Waals surface area contributed by atoms with Gasteiger partial charge in [0, 0.05) is 12.0 Å². The molecule has 5 nitrogen and oxygen atoms in total. The molecule has 0 unspecified atom stereocenters. The van der Waals surface area contributed by atoms with Gasteiger partial charge in [-0.15, -0.1) is 11.3 Å². The third-order valence-electron chi connectivity index (χ3n) is 4.23. The maximum atomic E-state index is 12.0. The second-order valence-corrected chi connectivity index (χ2v) is 6.49. The number of nitrogens with one attached hydrogen (secondary N) is 1. The minimum atomic E-state index is -0.00709. The van der Waals surface area contributed by atoms with E-state index < -0.39 is 0 Å². The number of aliphatic hydroxyl groups is 1. The molecule has 1 aromatic rings. The molecule has 1 aromatic heterocycles. The van der Waals surface area contributed by atoms with Crippen molar-refractivity contribution in [3.05, 3.63) is 11.1 Å². The smallest absolute Gasteiger partial charge is 0.240 e. The van der Waals surface area contributed by atoms with Gasteiger partial charge in [-0.25, -0.2) is 4.98 Å².